The second kappa shape index (κ2) is 4.96. The molecule has 2 heterocycles. The second-order valence-corrected chi connectivity index (χ2v) is 5.82. The largest absolute Gasteiger partial charge is 0.495 e. The molecular formula is C17H16N2O4. The van der Waals surface area contributed by atoms with Gasteiger partial charge in [0.15, 0.2) is 0 Å². The van der Waals surface area contributed by atoms with Crippen LogP contribution in [0.5, 0.6) is 5.75 Å². The van der Waals surface area contributed by atoms with Gasteiger partial charge in [-0.25, -0.2) is 0 Å². The molecule has 0 aliphatic carbocycles. The van der Waals surface area contributed by atoms with Gasteiger partial charge in [-0.3, -0.25) is 14.8 Å². The molecule has 118 valence electrons. The molecule has 1 saturated heterocycles. The molecule has 6 heteroatoms. The summed E-state index contributed by atoms with van der Waals surface area (Å²) < 4.78 is 5.50. The Kier molecular flexibility index (Phi) is 3.02. The Bertz CT molecular complexity index is 840. The lowest BCUT2D eigenvalue weighted by atomic mass is 9.93. The monoisotopic (exact) mass is 312 g/mol. The van der Waals surface area contributed by atoms with Crippen molar-refractivity contribution in [1.29, 1.82) is 0 Å². The van der Waals surface area contributed by atoms with E-state index in [9.17, 15) is 14.8 Å². The maximum Gasteiger partial charge on any atom is 0.285 e. The quantitative estimate of drug-likeness (QED) is 0.681. The normalized spacial score (nSPS) is 17.3. The molecule has 0 saturated carbocycles. The molecule has 23 heavy (non-hydrogen) atoms. The average Bonchev–Trinajstić information content (AvgIpc) is 3.10. The maximum absolute atomic E-state index is 12.3. The van der Waals surface area contributed by atoms with Gasteiger partial charge in [-0.05, 0) is 25.0 Å². The number of carbonyl (C=O) groups excluding carboxylic acids is 2. The zero-order valence-electron chi connectivity index (χ0n) is 12.7. The highest BCUT2D eigenvalue weighted by Crippen LogP contribution is 2.43. The molecule has 0 radical (unpaired) electrons. The summed E-state index contributed by atoms with van der Waals surface area (Å²) in [6.07, 6.45) is 2.21. The zero-order chi connectivity index (χ0) is 16.1. The first-order chi connectivity index (χ1) is 11.1. The standard InChI is InChI=1S/C17H16N2O4/c1-23-13-9-12-14-10(15(13)18-7-2-3-8-18)5-4-6-11(14)16(20)19(22)17(12)21/h4-6,9,22H,2-3,7-8H2,1H3. The molecule has 2 amide bonds. The van der Waals surface area contributed by atoms with Gasteiger partial charge in [-0.2, -0.15) is 0 Å². The number of hydrogen-bond acceptors (Lipinski definition) is 5. The third-order valence-corrected chi connectivity index (χ3v) is 4.59. The van der Waals surface area contributed by atoms with Crippen molar-refractivity contribution in [3.8, 4) is 5.75 Å². The Morgan fingerprint density at radius 3 is 2.48 bits per heavy atom. The van der Waals surface area contributed by atoms with Crippen molar-refractivity contribution in [3.05, 3.63) is 35.4 Å². The fourth-order valence-electron chi connectivity index (χ4n) is 3.53. The number of amides is 2. The summed E-state index contributed by atoms with van der Waals surface area (Å²) in [5, 5.41) is 11.4. The predicted molar refractivity (Wildman–Crippen MR) is 84.2 cm³/mol. The van der Waals surface area contributed by atoms with Crippen LogP contribution in [0.4, 0.5) is 5.69 Å². The fraction of sp³-hybridized carbons (Fsp3) is 0.294. The third kappa shape index (κ3) is 1.85. The van der Waals surface area contributed by atoms with Gasteiger partial charge in [0.2, 0.25) is 0 Å². The Balaban J connectivity index is 2.10. The van der Waals surface area contributed by atoms with E-state index in [-0.39, 0.29) is 10.6 Å². The van der Waals surface area contributed by atoms with Gasteiger partial charge < -0.3 is 9.64 Å². The number of hydrogen-bond donors (Lipinski definition) is 1. The van der Waals surface area contributed by atoms with E-state index in [0.717, 1.165) is 37.0 Å². The molecule has 2 aromatic rings. The van der Waals surface area contributed by atoms with Gasteiger partial charge in [0.25, 0.3) is 11.8 Å². The molecule has 6 nitrogen and oxygen atoms in total. The van der Waals surface area contributed by atoms with Gasteiger partial charge in [-0.15, -0.1) is 5.06 Å². The van der Waals surface area contributed by atoms with Crippen molar-refractivity contribution >= 4 is 28.3 Å². The summed E-state index contributed by atoms with van der Waals surface area (Å²) in [6, 6.07) is 6.91. The van der Waals surface area contributed by atoms with E-state index < -0.39 is 11.8 Å². The lowest BCUT2D eigenvalue weighted by Crippen LogP contribution is -2.37. The van der Waals surface area contributed by atoms with E-state index in [1.165, 1.54) is 0 Å². The summed E-state index contributed by atoms with van der Waals surface area (Å²) in [5.41, 5.74) is 1.54. The summed E-state index contributed by atoms with van der Waals surface area (Å²) in [5.74, 6) is -0.821. The number of imide groups is 1. The van der Waals surface area contributed by atoms with Crippen LogP contribution in [-0.4, -0.2) is 42.3 Å². The Hall–Kier alpha value is -2.60. The number of carbonyl (C=O) groups is 2. The minimum absolute atomic E-state index is 0.173. The van der Waals surface area contributed by atoms with Gasteiger partial charge in [-0.1, -0.05) is 12.1 Å². The molecule has 2 aliphatic rings. The van der Waals surface area contributed by atoms with E-state index in [1.807, 2.05) is 6.07 Å². The first kappa shape index (κ1) is 14.0. The minimum Gasteiger partial charge on any atom is -0.495 e. The highest BCUT2D eigenvalue weighted by Gasteiger charge is 2.34. The number of ether oxygens (including phenoxy) is 1. The number of nitrogens with zero attached hydrogens (tertiary/aromatic N) is 2. The lowest BCUT2D eigenvalue weighted by molar-refractivity contribution is -0.0377. The highest BCUT2D eigenvalue weighted by atomic mass is 16.5. The Morgan fingerprint density at radius 2 is 1.78 bits per heavy atom. The van der Waals surface area contributed by atoms with Gasteiger partial charge >= 0.3 is 0 Å². The van der Waals surface area contributed by atoms with Crippen LogP contribution in [0.25, 0.3) is 10.8 Å². The third-order valence-electron chi connectivity index (χ3n) is 4.59. The first-order valence-electron chi connectivity index (χ1n) is 7.60. The van der Waals surface area contributed by atoms with Crippen LogP contribution in [0, 0.1) is 0 Å². The van der Waals surface area contributed by atoms with E-state index in [4.69, 9.17) is 4.74 Å². The zero-order valence-corrected chi connectivity index (χ0v) is 12.7. The van der Waals surface area contributed by atoms with E-state index in [2.05, 4.69) is 4.90 Å². The first-order valence-corrected chi connectivity index (χ1v) is 7.60. The van der Waals surface area contributed by atoms with Crippen LogP contribution >= 0.6 is 0 Å². The van der Waals surface area contributed by atoms with Crippen LogP contribution in [0.2, 0.25) is 0 Å². The number of anilines is 1. The number of methoxy groups -OCH3 is 1. The minimum atomic E-state index is -0.718. The molecule has 0 unspecified atom stereocenters. The second-order valence-electron chi connectivity index (χ2n) is 5.82. The van der Waals surface area contributed by atoms with Crippen molar-refractivity contribution in [2.24, 2.45) is 0 Å². The van der Waals surface area contributed by atoms with Crippen molar-refractivity contribution in [2.75, 3.05) is 25.1 Å². The van der Waals surface area contributed by atoms with Crippen molar-refractivity contribution in [3.63, 3.8) is 0 Å². The van der Waals surface area contributed by atoms with E-state index in [0.29, 0.717) is 16.7 Å². The van der Waals surface area contributed by atoms with Crippen LogP contribution in [-0.2, 0) is 0 Å². The number of benzene rings is 2. The molecule has 4 rings (SSSR count). The van der Waals surface area contributed by atoms with Crippen molar-refractivity contribution < 1.29 is 19.5 Å². The topological polar surface area (TPSA) is 70.1 Å². The molecule has 1 N–H and O–H groups in total. The van der Waals surface area contributed by atoms with Crippen LogP contribution in [0.3, 0.4) is 0 Å². The van der Waals surface area contributed by atoms with Crippen LogP contribution in [0.1, 0.15) is 33.6 Å². The molecule has 0 bridgehead atoms. The van der Waals surface area contributed by atoms with Gasteiger partial charge in [0.05, 0.1) is 23.9 Å². The lowest BCUT2D eigenvalue weighted by Gasteiger charge is -2.27. The SMILES string of the molecule is COc1cc2c3c(cccc3c1N1CCCC1)C(=O)N(O)C2=O. The summed E-state index contributed by atoms with van der Waals surface area (Å²) >= 11 is 0. The molecule has 0 spiro atoms. The maximum atomic E-state index is 12.3. The highest BCUT2D eigenvalue weighted by molar-refractivity contribution is 6.26. The molecule has 1 fully saturated rings. The van der Waals surface area contributed by atoms with E-state index >= 15 is 0 Å². The van der Waals surface area contributed by atoms with Crippen molar-refractivity contribution in [1.82, 2.24) is 5.06 Å². The van der Waals surface area contributed by atoms with E-state index in [1.54, 1.807) is 25.3 Å². The molecule has 0 aromatic heterocycles. The summed E-state index contributed by atoms with van der Waals surface area (Å²) in [7, 11) is 1.56. The smallest absolute Gasteiger partial charge is 0.285 e. The van der Waals surface area contributed by atoms with Gasteiger partial charge in [0.1, 0.15) is 5.75 Å². The van der Waals surface area contributed by atoms with Crippen LogP contribution in [0.15, 0.2) is 24.3 Å². The molecule has 2 aliphatic heterocycles. The number of rotatable bonds is 2. The van der Waals surface area contributed by atoms with Gasteiger partial charge in [0, 0.05) is 23.9 Å². The molecular weight excluding hydrogens is 296 g/mol. The molecule has 0 atom stereocenters. The fourth-order valence-corrected chi connectivity index (χ4v) is 3.53. The number of hydroxylamine groups is 2. The summed E-state index contributed by atoms with van der Waals surface area (Å²) in [4.78, 5) is 26.7. The van der Waals surface area contributed by atoms with Crippen molar-refractivity contribution in [2.45, 2.75) is 12.8 Å². The predicted octanol–water partition coefficient (Wildman–Crippen LogP) is 2.43. The average molecular weight is 312 g/mol. The Labute approximate surface area is 132 Å². The molecule has 2 aromatic carbocycles. The van der Waals surface area contributed by atoms with Crippen LogP contribution < -0.4 is 9.64 Å². The Morgan fingerprint density at radius 1 is 1.09 bits per heavy atom. The summed E-state index contributed by atoms with van der Waals surface area (Å²) in [6.45, 7) is 1.84.